The second-order valence-corrected chi connectivity index (χ2v) is 8.35. The van der Waals surface area contributed by atoms with E-state index in [1.54, 1.807) is 18.4 Å². The van der Waals surface area contributed by atoms with E-state index in [0.29, 0.717) is 22.6 Å². The molecule has 2 aromatic heterocycles. The van der Waals surface area contributed by atoms with Crippen LogP contribution in [0.2, 0.25) is 0 Å². The van der Waals surface area contributed by atoms with Crippen LogP contribution in [-0.4, -0.2) is 42.2 Å². The summed E-state index contributed by atoms with van der Waals surface area (Å²) in [5.74, 6) is 0.272. The van der Waals surface area contributed by atoms with E-state index in [0.717, 1.165) is 5.76 Å². The van der Waals surface area contributed by atoms with Crippen molar-refractivity contribution in [3.8, 4) is 0 Å². The monoisotopic (exact) mass is 393 g/mol. The normalized spacial score (nSPS) is 16.0. The van der Waals surface area contributed by atoms with Gasteiger partial charge in [0.15, 0.2) is 5.76 Å². The first kappa shape index (κ1) is 19.1. The largest absolute Gasteiger partial charge is 0.461 e. The summed E-state index contributed by atoms with van der Waals surface area (Å²) in [5, 5.41) is 15.0. The third kappa shape index (κ3) is 3.86. The lowest BCUT2D eigenvalue weighted by Crippen LogP contribution is -2.41. The van der Waals surface area contributed by atoms with Crippen LogP contribution in [0.4, 0.5) is 0 Å². The van der Waals surface area contributed by atoms with Crippen molar-refractivity contribution in [3.05, 3.63) is 56.8 Å². The molecule has 140 valence electrons. The molecule has 0 radical (unpaired) electrons. The molecule has 0 saturated heterocycles. The fourth-order valence-corrected chi connectivity index (χ4v) is 4.56. The third-order valence-electron chi connectivity index (χ3n) is 4.47. The maximum absolute atomic E-state index is 13.0. The number of rotatable bonds is 9. The number of carbonyl (C=O) groups is 1. The molecule has 3 heterocycles. The Labute approximate surface area is 161 Å². The molecule has 0 amide bonds. The number of hydrogen-bond acceptors (Lipinski definition) is 7. The first-order chi connectivity index (χ1) is 12.5. The highest BCUT2D eigenvalue weighted by Crippen LogP contribution is 2.37. The standard InChI is InChI=1S/C19H23NO4S2/c1-4-13(11-14(20(2)3)15-12-23-15)24-18(21)19(22,16-7-5-9-25-16)17-8-6-10-26-17/h5-10,12-14,22H,4,11H2,1-3H3/t13-,14?/m1/s1. The molecule has 1 aliphatic heterocycles. The molecule has 26 heavy (non-hydrogen) atoms. The van der Waals surface area contributed by atoms with E-state index in [4.69, 9.17) is 9.47 Å². The molecule has 1 aliphatic rings. The van der Waals surface area contributed by atoms with Gasteiger partial charge in [0.2, 0.25) is 5.60 Å². The van der Waals surface area contributed by atoms with E-state index in [2.05, 4.69) is 0 Å². The van der Waals surface area contributed by atoms with Crippen LogP contribution in [0.15, 0.2) is 47.0 Å². The summed E-state index contributed by atoms with van der Waals surface area (Å²) < 4.78 is 11.0. The van der Waals surface area contributed by atoms with Gasteiger partial charge in [0.1, 0.15) is 12.4 Å². The Hall–Kier alpha value is -1.67. The predicted octanol–water partition coefficient (Wildman–Crippen LogP) is 3.56. The quantitative estimate of drug-likeness (QED) is 0.660. The lowest BCUT2D eigenvalue weighted by Gasteiger charge is -2.29. The van der Waals surface area contributed by atoms with Crippen LogP contribution in [0.3, 0.4) is 0 Å². The topological polar surface area (TPSA) is 62.3 Å². The summed E-state index contributed by atoms with van der Waals surface area (Å²) in [6, 6.07) is 7.23. The van der Waals surface area contributed by atoms with Crippen molar-refractivity contribution in [1.82, 2.24) is 4.90 Å². The molecular formula is C19H23NO4S2. The average Bonchev–Trinajstić information content (AvgIpc) is 3.09. The van der Waals surface area contributed by atoms with E-state index in [9.17, 15) is 9.90 Å². The fourth-order valence-electron chi connectivity index (χ4n) is 2.85. The number of likely N-dealkylation sites (N-methyl/N-ethyl adjacent to an activating group) is 1. The molecule has 2 atom stereocenters. The molecule has 3 rings (SSSR count). The molecule has 7 heteroatoms. The maximum atomic E-state index is 13.0. The van der Waals surface area contributed by atoms with Crippen molar-refractivity contribution in [2.45, 2.75) is 37.5 Å². The van der Waals surface area contributed by atoms with Crippen LogP contribution >= 0.6 is 22.7 Å². The Morgan fingerprint density at radius 1 is 1.27 bits per heavy atom. The first-order valence-electron chi connectivity index (χ1n) is 8.51. The van der Waals surface area contributed by atoms with Gasteiger partial charge in [-0.15, -0.1) is 22.7 Å². The smallest absolute Gasteiger partial charge is 0.349 e. The van der Waals surface area contributed by atoms with Crippen molar-refractivity contribution in [3.63, 3.8) is 0 Å². The highest BCUT2D eigenvalue weighted by atomic mass is 32.1. The van der Waals surface area contributed by atoms with Gasteiger partial charge < -0.3 is 14.6 Å². The Kier molecular flexibility index (Phi) is 5.82. The Bertz CT molecular complexity index is 718. The van der Waals surface area contributed by atoms with Gasteiger partial charge in [0.05, 0.1) is 15.8 Å². The van der Waals surface area contributed by atoms with Gasteiger partial charge in [0, 0.05) is 6.42 Å². The zero-order valence-corrected chi connectivity index (χ0v) is 16.7. The lowest BCUT2D eigenvalue weighted by molar-refractivity contribution is -0.168. The third-order valence-corrected chi connectivity index (χ3v) is 6.43. The molecule has 5 nitrogen and oxygen atoms in total. The highest BCUT2D eigenvalue weighted by molar-refractivity contribution is 7.12. The molecule has 0 fully saturated rings. The Morgan fingerprint density at radius 3 is 2.23 bits per heavy atom. The number of carbonyl (C=O) groups excluding carboxylic acids is 1. The van der Waals surface area contributed by atoms with Crippen LogP contribution in [0, 0.1) is 0 Å². The summed E-state index contributed by atoms with van der Waals surface area (Å²) in [5.41, 5.74) is -1.77. The molecule has 1 unspecified atom stereocenters. The minimum Gasteiger partial charge on any atom is -0.461 e. The van der Waals surface area contributed by atoms with Crippen LogP contribution in [0.25, 0.3) is 0 Å². The summed E-state index contributed by atoms with van der Waals surface area (Å²) in [4.78, 5) is 16.2. The predicted molar refractivity (Wildman–Crippen MR) is 103 cm³/mol. The summed E-state index contributed by atoms with van der Waals surface area (Å²) in [6.45, 7) is 1.97. The minimum absolute atomic E-state index is 0.0596. The molecule has 2 aromatic rings. The summed E-state index contributed by atoms with van der Waals surface area (Å²) >= 11 is 2.69. The van der Waals surface area contributed by atoms with Gasteiger partial charge in [-0.3, -0.25) is 4.90 Å². The van der Waals surface area contributed by atoms with Crippen molar-refractivity contribution in [2.75, 3.05) is 14.1 Å². The van der Waals surface area contributed by atoms with Crippen LogP contribution in [0.5, 0.6) is 0 Å². The second kappa shape index (κ2) is 7.92. The van der Waals surface area contributed by atoms with Crippen LogP contribution in [-0.2, 0) is 19.9 Å². The molecule has 0 spiro atoms. The molecule has 1 N–H and O–H groups in total. The van der Waals surface area contributed by atoms with Gasteiger partial charge in [-0.25, -0.2) is 4.79 Å². The van der Waals surface area contributed by atoms with Gasteiger partial charge in [-0.05, 0) is 43.4 Å². The second-order valence-electron chi connectivity index (χ2n) is 6.45. The van der Waals surface area contributed by atoms with E-state index in [-0.39, 0.29) is 12.1 Å². The number of nitrogens with zero attached hydrogens (tertiary/aromatic N) is 1. The van der Waals surface area contributed by atoms with E-state index >= 15 is 0 Å². The number of ether oxygens (including phenoxy) is 2. The Morgan fingerprint density at radius 2 is 1.85 bits per heavy atom. The molecule has 0 aromatic carbocycles. The molecule has 0 aliphatic carbocycles. The van der Waals surface area contributed by atoms with E-state index < -0.39 is 11.6 Å². The van der Waals surface area contributed by atoms with Gasteiger partial charge in [0.25, 0.3) is 0 Å². The molecule has 0 bridgehead atoms. The highest BCUT2D eigenvalue weighted by Gasteiger charge is 2.45. The molecular weight excluding hydrogens is 370 g/mol. The number of hydrogen-bond donors (Lipinski definition) is 1. The van der Waals surface area contributed by atoms with Crippen molar-refractivity contribution >= 4 is 28.6 Å². The molecule has 0 saturated carbocycles. The SMILES string of the molecule is CC[C@H](CC(C1=CO1)N(C)C)OC(=O)C(O)(c1cccs1)c1cccs1. The number of thiophene rings is 2. The van der Waals surface area contributed by atoms with Crippen LogP contribution in [0.1, 0.15) is 29.5 Å². The first-order valence-corrected chi connectivity index (χ1v) is 10.3. The van der Waals surface area contributed by atoms with Crippen LogP contribution < -0.4 is 0 Å². The summed E-state index contributed by atoms with van der Waals surface area (Å²) in [7, 11) is 3.94. The van der Waals surface area contributed by atoms with Crippen molar-refractivity contribution < 1.29 is 19.4 Å². The van der Waals surface area contributed by atoms with E-state index in [1.807, 2.05) is 48.8 Å². The Balaban J connectivity index is 1.80. The van der Waals surface area contributed by atoms with Gasteiger partial charge in [-0.1, -0.05) is 19.1 Å². The zero-order chi connectivity index (χ0) is 18.7. The summed E-state index contributed by atoms with van der Waals surface area (Å²) in [6.07, 6.45) is 2.68. The zero-order valence-electron chi connectivity index (χ0n) is 15.0. The fraction of sp³-hybridized carbons (Fsp3) is 0.421. The average molecular weight is 394 g/mol. The van der Waals surface area contributed by atoms with Crippen molar-refractivity contribution in [2.24, 2.45) is 0 Å². The maximum Gasteiger partial charge on any atom is 0.349 e. The number of esters is 1. The number of aliphatic hydroxyl groups is 1. The van der Waals surface area contributed by atoms with Gasteiger partial charge in [-0.2, -0.15) is 0 Å². The lowest BCUT2D eigenvalue weighted by atomic mass is 9.99. The van der Waals surface area contributed by atoms with Crippen molar-refractivity contribution in [1.29, 1.82) is 0 Å². The minimum atomic E-state index is -1.77. The van der Waals surface area contributed by atoms with E-state index in [1.165, 1.54) is 22.7 Å². The van der Waals surface area contributed by atoms with Gasteiger partial charge >= 0.3 is 5.97 Å².